The van der Waals surface area contributed by atoms with Crippen LogP contribution in [0, 0.1) is 0 Å². The monoisotopic (exact) mass is 306 g/mol. The molecule has 0 aliphatic carbocycles. The second-order valence-electron chi connectivity index (χ2n) is 3.71. The van der Waals surface area contributed by atoms with E-state index in [9.17, 15) is 14.4 Å². The van der Waals surface area contributed by atoms with Crippen LogP contribution in [0.25, 0.3) is 18.2 Å². The van der Waals surface area contributed by atoms with Gasteiger partial charge in [0.2, 0.25) is 0 Å². The van der Waals surface area contributed by atoms with Gasteiger partial charge < -0.3 is 15.3 Å². The topological polar surface area (TPSA) is 112 Å². The highest BCUT2D eigenvalue weighted by Gasteiger charge is 2.04. The van der Waals surface area contributed by atoms with Crippen LogP contribution in [-0.4, -0.2) is 33.2 Å². The Morgan fingerprint density at radius 3 is 1.95 bits per heavy atom. The highest BCUT2D eigenvalue weighted by Crippen LogP contribution is 2.27. The molecule has 3 N–H and O–H groups in total. The van der Waals surface area contributed by atoms with Gasteiger partial charge in [0.15, 0.2) is 0 Å². The Balaban J connectivity index is 3.36. The van der Waals surface area contributed by atoms with E-state index in [2.05, 4.69) is 0 Å². The summed E-state index contributed by atoms with van der Waals surface area (Å²) in [5, 5.41) is 26.5. The highest BCUT2D eigenvalue weighted by atomic mass is 31.0. The minimum atomic E-state index is -1.16. The van der Waals surface area contributed by atoms with Crippen LogP contribution in [0.3, 0.4) is 0 Å². The van der Waals surface area contributed by atoms with Gasteiger partial charge in [-0.2, -0.15) is 0 Å². The van der Waals surface area contributed by atoms with Crippen molar-refractivity contribution in [1.29, 1.82) is 0 Å². The van der Waals surface area contributed by atoms with Crippen LogP contribution >= 0.6 is 8.19 Å². The number of aliphatic carboxylic acids is 3. The largest absolute Gasteiger partial charge is 0.478 e. The van der Waals surface area contributed by atoms with Crippen LogP contribution < -0.4 is 0 Å². The first kappa shape index (κ1) is 16.3. The van der Waals surface area contributed by atoms with Gasteiger partial charge in [0.1, 0.15) is 0 Å². The van der Waals surface area contributed by atoms with E-state index in [4.69, 9.17) is 15.3 Å². The zero-order valence-electron chi connectivity index (χ0n) is 10.6. The molecule has 0 unspecified atom stereocenters. The van der Waals surface area contributed by atoms with Gasteiger partial charge in [-0.1, -0.05) is 8.19 Å². The predicted octanol–water partition coefficient (Wildman–Crippen LogP) is 2.56. The summed E-state index contributed by atoms with van der Waals surface area (Å²) in [6.07, 6.45) is 6.76. The number of carboxylic acid groups (broad SMARTS) is 3. The molecule has 0 aromatic carbocycles. The average molecular weight is 306 g/mol. The Bertz CT molecular complexity index is 615. The Morgan fingerprint density at radius 2 is 1.38 bits per heavy atom. The van der Waals surface area contributed by atoms with E-state index in [1.807, 2.05) is 0 Å². The molecule has 0 aliphatic rings. The molecule has 0 fully saturated rings. The number of hydrogen-bond acceptors (Lipinski definition) is 3. The van der Waals surface area contributed by atoms with Gasteiger partial charge in [0, 0.05) is 23.5 Å². The van der Waals surface area contributed by atoms with E-state index in [0.29, 0.717) is 24.6 Å². The third kappa shape index (κ3) is 5.84. The molecule has 108 valence electrons. The third-order valence-electron chi connectivity index (χ3n) is 2.24. The van der Waals surface area contributed by atoms with E-state index in [1.165, 1.54) is 18.2 Å². The van der Waals surface area contributed by atoms with Crippen molar-refractivity contribution in [1.82, 2.24) is 0 Å². The third-order valence-corrected chi connectivity index (χ3v) is 3.20. The highest BCUT2D eigenvalue weighted by molar-refractivity contribution is 7.30. The molecular formula is C14H11O6P. The fourth-order valence-electron chi connectivity index (χ4n) is 1.43. The van der Waals surface area contributed by atoms with Crippen LogP contribution in [0.2, 0.25) is 0 Å². The number of rotatable bonds is 6. The molecule has 1 rings (SSSR count). The summed E-state index contributed by atoms with van der Waals surface area (Å²) >= 11 is 0. The van der Waals surface area contributed by atoms with Crippen molar-refractivity contribution in [2.75, 3.05) is 0 Å². The second-order valence-corrected chi connectivity index (χ2v) is 4.75. The Morgan fingerprint density at radius 1 is 0.857 bits per heavy atom. The Labute approximate surface area is 121 Å². The number of hydrogen-bond donors (Lipinski definition) is 3. The lowest BCUT2D eigenvalue weighted by molar-refractivity contribution is -0.132. The van der Waals surface area contributed by atoms with Crippen LogP contribution in [0.1, 0.15) is 16.4 Å². The molecule has 0 aliphatic heterocycles. The van der Waals surface area contributed by atoms with E-state index >= 15 is 0 Å². The van der Waals surface area contributed by atoms with Crippen molar-refractivity contribution in [3.05, 3.63) is 46.5 Å². The maximum atomic E-state index is 10.6. The van der Waals surface area contributed by atoms with Crippen molar-refractivity contribution in [3.63, 3.8) is 0 Å². The summed E-state index contributed by atoms with van der Waals surface area (Å²) in [6, 6.07) is 1.64. The van der Waals surface area contributed by atoms with E-state index in [0.717, 1.165) is 18.2 Å². The van der Waals surface area contributed by atoms with Gasteiger partial charge in [-0.05, 0) is 41.2 Å². The molecule has 0 saturated carbocycles. The molecule has 21 heavy (non-hydrogen) atoms. The minimum Gasteiger partial charge on any atom is -0.478 e. The normalized spacial score (nSPS) is 11.8. The summed E-state index contributed by atoms with van der Waals surface area (Å²) < 4.78 is 0. The first-order valence-corrected chi connectivity index (χ1v) is 6.58. The molecule has 6 nitrogen and oxygen atoms in total. The van der Waals surface area contributed by atoms with Crippen molar-refractivity contribution in [2.24, 2.45) is 0 Å². The van der Waals surface area contributed by atoms with Crippen LogP contribution in [-0.2, 0) is 14.4 Å². The lowest BCUT2D eigenvalue weighted by atomic mass is 10.1. The molecular weight excluding hydrogens is 295 g/mol. The lowest BCUT2D eigenvalue weighted by Gasteiger charge is -2.05. The first-order chi connectivity index (χ1) is 9.90. The standard InChI is InChI=1S/C14H11O6P/c15-12(16)4-1-9-7-8-21-11(3-6-14(19)20)10(9)2-5-13(17)18/h1-8H,(H,15,16)(H,17,18)(H,19,20). The SMILES string of the molecule is O=C(O)C=Cc1ccpc(C=CC(=O)O)c1C=CC(=O)O. The molecule has 1 aromatic rings. The average Bonchev–Trinajstić information content (AvgIpc) is 2.40. The summed E-state index contributed by atoms with van der Waals surface area (Å²) in [6.45, 7) is 0. The van der Waals surface area contributed by atoms with Crippen molar-refractivity contribution < 1.29 is 29.7 Å². The fraction of sp³-hybridized carbons (Fsp3) is 0. The molecule has 1 aromatic heterocycles. The maximum absolute atomic E-state index is 10.6. The van der Waals surface area contributed by atoms with Crippen molar-refractivity contribution in [3.8, 4) is 0 Å². The van der Waals surface area contributed by atoms with Crippen LogP contribution in [0.15, 0.2) is 30.1 Å². The summed E-state index contributed by atoms with van der Waals surface area (Å²) in [5.74, 6) is -1.71. The number of carbonyl (C=O) groups is 3. The van der Waals surface area contributed by atoms with Gasteiger partial charge in [-0.3, -0.25) is 0 Å². The lowest BCUT2D eigenvalue weighted by Crippen LogP contribution is -1.91. The Kier molecular flexibility index (Phi) is 6.04. The zero-order valence-corrected chi connectivity index (χ0v) is 11.5. The summed E-state index contributed by atoms with van der Waals surface area (Å²) in [5.41, 5.74) is 0.940. The summed E-state index contributed by atoms with van der Waals surface area (Å²) in [4.78, 5) is 31.8. The summed E-state index contributed by atoms with van der Waals surface area (Å²) in [7, 11) is 0.685. The van der Waals surface area contributed by atoms with E-state index < -0.39 is 17.9 Å². The van der Waals surface area contributed by atoms with Crippen molar-refractivity contribution >= 4 is 44.3 Å². The smallest absolute Gasteiger partial charge is 0.328 e. The van der Waals surface area contributed by atoms with Gasteiger partial charge in [-0.25, -0.2) is 14.4 Å². The van der Waals surface area contributed by atoms with E-state index in [-0.39, 0.29) is 0 Å². The molecule has 0 bridgehead atoms. The molecule has 1 heterocycles. The second kappa shape index (κ2) is 7.77. The predicted molar refractivity (Wildman–Crippen MR) is 79.0 cm³/mol. The van der Waals surface area contributed by atoms with Gasteiger partial charge in [0.25, 0.3) is 0 Å². The first-order valence-electron chi connectivity index (χ1n) is 5.62. The van der Waals surface area contributed by atoms with Crippen LogP contribution in [0.5, 0.6) is 0 Å². The maximum Gasteiger partial charge on any atom is 0.328 e. The fourth-order valence-corrected chi connectivity index (χ4v) is 2.33. The quantitative estimate of drug-likeness (QED) is 0.696. The molecule has 7 heteroatoms. The van der Waals surface area contributed by atoms with Crippen molar-refractivity contribution in [2.45, 2.75) is 0 Å². The number of carboxylic acids is 3. The van der Waals surface area contributed by atoms with Gasteiger partial charge in [-0.15, -0.1) is 0 Å². The molecule has 0 radical (unpaired) electrons. The minimum absolute atomic E-state index is 0.455. The molecule has 0 saturated heterocycles. The van der Waals surface area contributed by atoms with Crippen LogP contribution in [0.4, 0.5) is 0 Å². The zero-order chi connectivity index (χ0) is 15.8. The molecule has 0 amide bonds. The molecule has 0 spiro atoms. The van der Waals surface area contributed by atoms with Gasteiger partial charge in [0.05, 0.1) is 0 Å². The van der Waals surface area contributed by atoms with E-state index in [1.54, 1.807) is 11.9 Å². The Hall–Kier alpha value is -2.72. The molecule has 0 atom stereocenters. The van der Waals surface area contributed by atoms with Gasteiger partial charge >= 0.3 is 17.9 Å².